The van der Waals surface area contributed by atoms with E-state index in [-0.39, 0.29) is 16.3 Å². The number of benzene rings is 2. The maximum absolute atomic E-state index is 12.8. The van der Waals surface area contributed by atoms with E-state index >= 15 is 0 Å². The quantitative estimate of drug-likeness (QED) is 0.773. The molecule has 0 saturated heterocycles. The lowest BCUT2D eigenvalue weighted by Gasteiger charge is -2.16. The van der Waals surface area contributed by atoms with Gasteiger partial charge in [0.25, 0.3) is 10.0 Å². The Labute approximate surface area is 134 Å². The maximum atomic E-state index is 12.8. The Morgan fingerprint density at radius 2 is 1.91 bits per heavy atom. The smallest absolute Gasteiger partial charge is 0.264 e. The molecule has 2 aromatic carbocycles. The summed E-state index contributed by atoms with van der Waals surface area (Å²) in [6.07, 6.45) is 0.918. The van der Waals surface area contributed by atoms with E-state index < -0.39 is 10.0 Å². The highest BCUT2D eigenvalue weighted by molar-refractivity contribution is 7.93. The highest BCUT2D eigenvalue weighted by Crippen LogP contribution is 2.29. The molecule has 1 unspecified atom stereocenters. The molecule has 0 spiro atoms. The molecule has 120 valence electrons. The summed E-state index contributed by atoms with van der Waals surface area (Å²) in [5.41, 5.74) is 2.17. The number of sulfonamides is 1. The largest absolute Gasteiger partial charge is 0.279 e. The number of nitrogens with zero attached hydrogens (tertiary/aromatic N) is 2. The average Bonchev–Trinajstić information content (AvgIpc) is 3.02. The predicted octanol–water partition coefficient (Wildman–Crippen LogP) is 3.54. The van der Waals surface area contributed by atoms with Crippen molar-refractivity contribution >= 4 is 26.7 Å². The van der Waals surface area contributed by atoms with Crippen molar-refractivity contribution in [3.8, 4) is 0 Å². The Hall–Kier alpha value is -2.41. The summed E-state index contributed by atoms with van der Waals surface area (Å²) in [5, 5.41) is 7.38. The van der Waals surface area contributed by atoms with E-state index in [1.54, 1.807) is 18.2 Å². The number of rotatable bonds is 5. The summed E-state index contributed by atoms with van der Waals surface area (Å²) in [7, 11) is -3.79. The van der Waals surface area contributed by atoms with Crippen LogP contribution in [0, 0.1) is 0 Å². The number of nitrogens with one attached hydrogen (secondary N) is 1. The zero-order valence-corrected chi connectivity index (χ0v) is 13.7. The highest BCUT2D eigenvalue weighted by atomic mass is 32.2. The molecular weight excluding hydrogens is 314 g/mol. The van der Waals surface area contributed by atoms with Crippen LogP contribution in [0.25, 0.3) is 11.0 Å². The number of aromatic nitrogens is 2. The lowest BCUT2D eigenvalue weighted by atomic mass is 9.97. The summed E-state index contributed by atoms with van der Waals surface area (Å²) in [5.74, 6) is 0.249. The molecule has 1 N–H and O–H groups in total. The van der Waals surface area contributed by atoms with Crippen molar-refractivity contribution in [2.45, 2.75) is 31.1 Å². The van der Waals surface area contributed by atoms with E-state index in [9.17, 15) is 8.42 Å². The maximum Gasteiger partial charge on any atom is 0.264 e. The van der Waals surface area contributed by atoms with Crippen LogP contribution in [0.2, 0.25) is 0 Å². The Morgan fingerprint density at radius 3 is 2.70 bits per heavy atom. The van der Waals surface area contributed by atoms with Gasteiger partial charge in [0, 0.05) is 0 Å². The van der Waals surface area contributed by atoms with E-state index in [1.165, 1.54) is 6.07 Å². The van der Waals surface area contributed by atoms with Gasteiger partial charge in [-0.25, -0.2) is 13.0 Å². The van der Waals surface area contributed by atoms with Gasteiger partial charge in [-0.1, -0.05) is 38.1 Å². The molecule has 6 nitrogen and oxygen atoms in total. The molecule has 1 heterocycles. The second-order valence-electron chi connectivity index (χ2n) is 5.39. The Balaban J connectivity index is 2.04. The molecule has 0 saturated carbocycles. The van der Waals surface area contributed by atoms with Crippen molar-refractivity contribution in [2.75, 3.05) is 4.72 Å². The van der Waals surface area contributed by atoms with Crippen LogP contribution >= 0.6 is 0 Å². The molecule has 0 fully saturated rings. The zero-order valence-electron chi connectivity index (χ0n) is 12.9. The van der Waals surface area contributed by atoms with Gasteiger partial charge in [-0.3, -0.25) is 4.72 Å². The molecule has 23 heavy (non-hydrogen) atoms. The van der Waals surface area contributed by atoms with Crippen molar-refractivity contribution in [1.82, 2.24) is 10.3 Å². The molecule has 0 radical (unpaired) electrons. The lowest BCUT2D eigenvalue weighted by Crippen LogP contribution is -2.15. The van der Waals surface area contributed by atoms with E-state index in [4.69, 9.17) is 0 Å². The summed E-state index contributed by atoms with van der Waals surface area (Å²) >= 11 is 0. The van der Waals surface area contributed by atoms with Gasteiger partial charge in [0.15, 0.2) is 5.52 Å². The van der Waals surface area contributed by atoms with Gasteiger partial charge >= 0.3 is 0 Å². The van der Waals surface area contributed by atoms with Crippen LogP contribution in [0.1, 0.15) is 31.7 Å². The standard InChI is InChI=1S/C16H17N3O3S/c1-3-11(2)12-7-4-5-8-13(12)19-23(20,21)15-10-6-9-14-16(15)18-22-17-14/h4-11,19H,3H2,1-2H3. The zero-order chi connectivity index (χ0) is 16.4. The fourth-order valence-electron chi connectivity index (χ4n) is 2.44. The summed E-state index contributed by atoms with van der Waals surface area (Å²) in [6, 6.07) is 12.2. The molecule has 0 amide bonds. The molecular formula is C16H17N3O3S. The number of hydrogen-bond donors (Lipinski definition) is 1. The monoisotopic (exact) mass is 331 g/mol. The van der Waals surface area contributed by atoms with Crippen molar-refractivity contribution in [1.29, 1.82) is 0 Å². The minimum absolute atomic E-state index is 0.0511. The SMILES string of the molecule is CCC(C)c1ccccc1NS(=O)(=O)c1cccc2nonc12. The lowest BCUT2D eigenvalue weighted by molar-refractivity contribution is 0.315. The molecule has 3 rings (SSSR count). The van der Waals surface area contributed by atoms with Crippen LogP contribution in [-0.2, 0) is 10.0 Å². The van der Waals surface area contributed by atoms with Gasteiger partial charge in [-0.2, -0.15) is 0 Å². The van der Waals surface area contributed by atoms with Gasteiger partial charge in [0.2, 0.25) is 0 Å². The van der Waals surface area contributed by atoms with Crippen LogP contribution < -0.4 is 4.72 Å². The number of anilines is 1. The van der Waals surface area contributed by atoms with Gasteiger partial charge in [0.1, 0.15) is 10.4 Å². The van der Waals surface area contributed by atoms with E-state index in [2.05, 4.69) is 33.5 Å². The Morgan fingerprint density at radius 1 is 1.13 bits per heavy atom. The van der Waals surface area contributed by atoms with E-state index in [0.717, 1.165) is 12.0 Å². The summed E-state index contributed by atoms with van der Waals surface area (Å²) in [4.78, 5) is 0.0511. The Bertz CT molecular complexity index is 934. The average molecular weight is 331 g/mol. The second-order valence-corrected chi connectivity index (χ2v) is 7.04. The van der Waals surface area contributed by atoms with Gasteiger partial charge in [-0.05, 0) is 46.4 Å². The van der Waals surface area contributed by atoms with Gasteiger partial charge < -0.3 is 0 Å². The van der Waals surface area contributed by atoms with Crippen molar-refractivity contribution in [3.05, 3.63) is 48.0 Å². The molecule has 0 bridgehead atoms. The summed E-state index contributed by atoms with van der Waals surface area (Å²) < 4.78 is 32.8. The predicted molar refractivity (Wildman–Crippen MR) is 87.8 cm³/mol. The van der Waals surface area contributed by atoms with E-state index in [1.807, 2.05) is 18.2 Å². The van der Waals surface area contributed by atoms with Crippen molar-refractivity contribution in [3.63, 3.8) is 0 Å². The first kappa shape index (κ1) is 15.5. The van der Waals surface area contributed by atoms with Gasteiger partial charge in [-0.15, -0.1) is 0 Å². The Kier molecular flexibility index (Phi) is 4.04. The van der Waals surface area contributed by atoms with Crippen molar-refractivity contribution in [2.24, 2.45) is 0 Å². The minimum atomic E-state index is -3.79. The molecule has 3 aromatic rings. The molecule has 7 heteroatoms. The van der Waals surface area contributed by atoms with Crippen LogP contribution in [0.4, 0.5) is 5.69 Å². The van der Waals surface area contributed by atoms with Crippen LogP contribution in [0.3, 0.4) is 0 Å². The fourth-order valence-corrected chi connectivity index (χ4v) is 3.68. The second kappa shape index (κ2) is 6.00. The number of fused-ring (bicyclic) bond motifs is 1. The highest BCUT2D eigenvalue weighted by Gasteiger charge is 2.22. The fraction of sp³-hybridized carbons (Fsp3) is 0.250. The first-order valence-electron chi connectivity index (χ1n) is 7.36. The minimum Gasteiger partial charge on any atom is -0.279 e. The summed E-state index contributed by atoms with van der Waals surface area (Å²) in [6.45, 7) is 4.13. The van der Waals surface area contributed by atoms with Crippen LogP contribution in [0.15, 0.2) is 52.0 Å². The molecule has 1 aromatic heterocycles. The third kappa shape index (κ3) is 2.92. The first-order valence-corrected chi connectivity index (χ1v) is 8.84. The third-order valence-corrected chi connectivity index (χ3v) is 5.28. The normalized spacial score (nSPS) is 13.1. The van der Waals surface area contributed by atoms with Crippen LogP contribution in [-0.4, -0.2) is 18.7 Å². The number of para-hydroxylation sites is 1. The third-order valence-electron chi connectivity index (χ3n) is 3.89. The van der Waals surface area contributed by atoms with Crippen molar-refractivity contribution < 1.29 is 13.0 Å². The molecule has 0 aliphatic rings. The topological polar surface area (TPSA) is 85.1 Å². The van der Waals surface area contributed by atoms with E-state index in [0.29, 0.717) is 11.2 Å². The molecule has 0 aliphatic carbocycles. The molecule has 0 aliphatic heterocycles. The van der Waals surface area contributed by atoms with Crippen LogP contribution in [0.5, 0.6) is 0 Å². The molecule has 1 atom stereocenters. The van der Waals surface area contributed by atoms with Gasteiger partial charge in [0.05, 0.1) is 5.69 Å². The first-order chi connectivity index (χ1) is 11.0. The number of hydrogen-bond acceptors (Lipinski definition) is 5.